The number of aromatic nitrogens is 3. The molecule has 2 aromatic heterocycles. The number of para-hydroxylation sites is 2. The van der Waals surface area contributed by atoms with Crippen LogP contribution in [-0.4, -0.2) is 70.2 Å². The van der Waals surface area contributed by atoms with Gasteiger partial charge in [-0.3, -0.25) is 14.6 Å². The van der Waals surface area contributed by atoms with Crippen LogP contribution in [0.2, 0.25) is 0 Å². The van der Waals surface area contributed by atoms with Crippen LogP contribution < -0.4 is 10.6 Å². The van der Waals surface area contributed by atoms with E-state index in [0.717, 1.165) is 17.6 Å². The van der Waals surface area contributed by atoms with Crippen molar-refractivity contribution in [1.82, 2.24) is 24.1 Å². The van der Waals surface area contributed by atoms with E-state index in [2.05, 4.69) is 25.0 Å². The summed E-state index contributed by atoms with van der Waals surface area (Å²) in [6.07, 6.45) is 1.63. The van der Waals surface area contributed by atoms with Crippen molar-refractivity contribution in [3.63, 3.8) is 0 Å². The first-order chi connectivity index (χ1) is 16.8. The molecule has 2 heterocycles. The number of nitrogens with one attached hydrogen (secondary N) is 2. The van der Waals surface area contributed by atoms with Gasteiger partial charge >= 0.3 is 0 Å². The van der Waals surface area contributed by atoms with Crippen molar-refractivity contribution in [2.75, 3.05) is 44.9 Å². The van der Waals surface area contributed by atoms with E-state index in [-0.39, 0.29) is 11.8 Å². The molecule has 0 bridgehead atoms. The molecular formula is C25H27N7O2S. The van der Waals surface area contributed by atoms with Crippen LogP contribution >= 0.6 is 11.5 Å². The number of carbonyl (C=O) groups excluding carboxylic acids is 2. The van der Waals surface area contributed by atoms with Crippen LogP contribution in [0.3, 0.4) is 0 Å². The first-order valence-corrected chi connectivity index (χ1v) is 11.9. The lowest BCUT2D eigenvalue weighted by molar-refractivity contribution is 0.0786. The Morgan fingerprint density at radius 3 is 2.54 bits per heavy atom. The average Bonchev–Trinajstić information content (AvgIpc) is 3.21. The zero-order valence-corrected chi connectivity index (χ0v) is 20.9. The second-order valence-corrected chi connectivity index (χ2v) is 9.18. The molecule has 0 aliphatic rings. The minimum Gasteiger partial charge on any atom is -0.340 e. The Kier molecular flexibility index (Phi) is 7.33. The third-order valence-corrected chi connectivity index (χ3v) is 6.23. The second kappa shape index (κ2) is 10.6. The van der Waals surface area contributed by atoms with Crippen LogP contribution in [0.4, 0.5) is 16.5 Å². The first-order valence-electron chi connectivity index (χ1n) is 11.1. The normalized spacial score (nSPS) is 11.0. The lowest BCUT2D eigenvalue weighted by atomic mass is 10.1. The third-order valence-electron chi connectivity index (χ3n) is 5.38. The molecule has 4 rings (SSSR count). The number of hydrogen-bond donors (Lipinski definition) is 2. The van der Waals surface area contributed by atoms with Crippen LogP contribution in [0.1, 0.15) is 26.4 Å². The standard InChI is InChI=1S/C25H27N7O2S/c1-16-22(24(35-30-16)29-21-15-26-19-10-5-6-11-20(19)28-21)23(33)27-18-9-7-8-17(14-18)25(34)32(4)13-12-31(2)3/h5-11,14-15H,12-13H2,1-4H3,(H,27,33)(H,28,29). The summed E-state index contributed by atoms with van der Waals surface area (Å²) >= 11 is 1.18. The number of rotatable bonds is 8. The minimum atomic E-state index is -0.321. The number of likely N-dealkylation sites (N-methyl/N-ethyl adjacent to an activating group) is 2. The molecule has 2 N–H and O–H groups in total. The van der Waals surface area contributed by atoms with Gasteiger partial charge in [0, 0.05) is 31.4 Å². The predicted octanol–water partition coefficient (Wildman–Crippen LogP) is 4.02. The lowest BCUT2D eigenvalue weighted by Crippen LogP contribution is -2.33. The monoisotopic (exact) mass is 489 g/mol. The fourth-order valence-corrected chi connectivity index (χ4v) is 4.25. The molecule has 35 heavy (non-hydrogen) atoms. The summed E-state index contributed by atoms with van der Waals surface area (Å²) in [5.41, 5.74) is 3.60. The number of fused-ring (bicyclic) bond motifs is 1. The van der Waals surface area contributed by atoms with Crippen molar-refractivity contribution < 1.29 is 9.59 Å². The van der Waals surface area contributed by atoms with E-state index < -0.39 is 0 Å². The third kappa shape index (κ3) is 5.79. The Morgan fingerprint density at radius 1 is 1.00 bits per heavy atom. The van der Waals surface area contributed by atoms with E-state index in [9.17, 15) is 9.59 Å². The topological polar surface area (TPSA) is 103 Å². The number of benzene rings is 2. The van der Waals surface area contributed by atoms with Gasteiger partial charge in [0.05, 0.1) is 28.5 Å². The van der Waals surface area contributed by atoms with Crippen LogP contribution in [0.25, 0.3) is 11.0 Å². The quantitative estimate of drug-likeness (QED) is 0.385. The van der Waals surface area contributed by atoms with Gasteiger partial charge in [-0.15, -0.1) is 0 Å². The minimum absolute atomic E-state index is 0.103. The number of aryl methyl sites for hydroxylation is 1. The van der Waals surface area contributed by atoms with E-state index >= 15 is 0 Å². The molecule has 10 heteroatoms. The summed E-state index contributed by atoms with van der Waals surface area (Å²) in [6, 6.07) is 14.5. The van der Waals surface area contributed by atoms with E-state index in [4.69, 9.17) is 0 Å². The number of carbonyl (C=O) groups is 2. The van der Waals surface area contributed by atoms with E-state index in [0.29, 0.717) is 39.9 Å². The van der Waals surface area contributed by atoms with Gasteiger partial charge in [0.15, 0.2) is 0 Å². The highest BCUT2D eigenvalue weighted by Gasteiger charge is 2.20. The highest BCUT2D eigenvalue weighted by Crippen LogP contribution is 2.28. The number of anilines is 3. The van der Waals surface area contributed by atoms with Crippen molar-refractivity contribution in [3.05, 3.63) is 71.5 Å². The fraction of sp³-hybridized carbons (Fsp3) is 0.240. The molecule has 2 aromatic carbocycles. The molecule has 0 spiro atoms. The maximum atomic E-state index is 13.2. The van der Waals surface area contributed by atoms with Crippen molar-refractivity contribution in [2.45, 2.75) is 6.92 Å². The van der Waals surface area contributed by atoms with Gasteiger partial charge in [0.25, 0.3) is 11.8 Å². The van der Waals surface area contributed by atoms with Crippen LogP contribution in [0.5, 0.6) is 0 Å². The number of hydrogen-bond acceptors (Lipinski definition) is 8. The van der Waals surface area contributed by atoms with Crippen LogP contribution in [-0.2, 0) is 0 Å². The predicted molar refractivity (Wildman–Crippen MR) is 140 cm³/mol. The summed E-state index contributed by atoms with van der Waals surface area (Å²) in [4.78, 5) is 38.6. The SMILES string of the molecule is Cc1nsc(Nc2cnc3ccccc3n2)c1C(=O)Nc1cccc(C(=O)N(C)CCN(C)C)c1. The Morgan fingerprint density at radius 2 is 1.77 bits per heavy atom. The molecule has 9 nitrogen and oxygen atoms in total. The summed E-state index contributed by atoms with van der Waals surface area (Å²) in [5, 5.41) is 6.64. The van der Waals surface area contributed by atoms with Crippen molar-refractivity contribution >= 4 is 50.9 Å². The molecule has 0 fully saturated rings. The van der Waals surface area contributed by atoms with Gasteiger partial charge in [-0.05, 0) is 62.9 Å². The molecule has 4 aromatic rings. The molecule has 2 amide bonds. The highest BCUT2D eigenvalue weighted by atomic mass is 32.1. The average molecular weight is 490 g/mol. The van der Waals surface area contributed by atoms with Crippen molar-refractivity contribution in [2.24, 2.45) is 0 Å². The lowest BCUT2D eigenvalue weighted by Gasteiger charge is -2.20. The van der Waals surface area contributed by atoms with Crippen molar-refractivity contribution in [1.29, 1.82) is 0 Å². The van der Waals surface area contributed by atoms with Crippen LogP contribution in [0, 0.1) is 6.92 Å². The summed E-state index contributed by atoms with van der Waals surface area (Å²) in [6.45, 7) is 3.15. The van der Waals surface area contributed by atoms with Gasteiger partial charge in [-0.1, -0.05) is 18.2 Å². The summed E-state index contributed by atoms with van der Waals surface area (Å²) in [5.74, 6) is 0.0985. The molecule has 0 aliphatic heterocycles. The second-order valence-electron chi connectivity index (χ2n) is 8.41. The molecule has 0 unspecified atom stereocenters. The maximum absolute atomic E-state index is 13.2. The smallest absolute Gasteiger partial charge is 0.260 e. The molecular weight excluding hydrogens is 462 g/mol. The van der Waals surface area contributed by atoms with E-state index in [1.54, 1.807) is 49.3 Å². The van der Waals surface area contributed by atoms with Gasteiger partial charge in [0.2, 0.25) is 0 Å². The molecule has 0 aliphatic carbocycles. The molecule has 0 radical (unpaired) electrons. The highest BCUT2D eigenvalue weighted by molar-refractivity contribution is 7.10. The van der Waals surface area contributed by atoms with Gasteiger partial charge < -0.3 is 20.4 Å². The van der Waals surface area contributed by atoms with E-state index in [1.807, 2.05) is 43.3 Å². The summed E-state index contributed by atoms with van der Waals surface area (Å²) < 4.78 is 4.35. The Hall–Kier alpha value is -3.89. The Bertz CT molecular complexity index is 1370. The zero-order chi connectivity index (χ0) is 24.9. The van der Waals surface area contributed by atoms with Gasteiger partial charge in [0.1, 0.15) is 10.8 Å². The Balaban J connectivity index is 1.50. The van der Waals surface area contributed by atoms with E-state index in [1.165, 1.54) is 11.5 Å². The molecule has 0 saturated carbocycles. The molecule has 0 atom stereocenters. The molecule has 180 valence electrons. The number of nitrogens with zero attached hydrogens (tertiary/aromatic N) is 5. The van der Waals surface area contributed by atoms with Gasteiger partial charge in [-0.25, -0.2) is 4.98 Å². The number of amides is 2. The van der Waals surface area contributed by atoms with Crippen LogP contribution in [0.15, 0.2) is 54.7 Å². The van der Waals surface area contributed by atoms with Gasteiger partial charge in [-0.2, -0.15) is 4.37 Å². The van der Waals surface area contributed by atoms with Crippen molar-refractivity contribution in [3.8, 4) is 0 Å². The first kappa shape index (κ1) is 24.2. The zero-order valence-electron chi connectivity index (χ0n) is 20.1. The molecule has 0 saturated heterocycles. The Labute approximate surface area is 208 Å². The summed E-state index contributed by atoms with van der Waals surface area (Å²) in [7, 11) is 5.70. The maximum Gasteiger partial charge on any atom is 0.260 e. The largest absolute Gasteiger partial charge is 0.340 e. The fourth-order valence-electron chi connectivity index (χ4n) is 3.45.